The lowest BCUT2D eigenvalue weighted by molar-refractivity contribution is -0.0455. The van der Waals surface area contributed by atoms with Crippen molar-refractivity contribution in [3.05, 3.63) is 0 Å². The highest BCUT2D eigenvalue weighted by molar-refractivity contribution is 5.05. The standard InChI is InChI=1S/C13H23NO2/c1-4-13(3,5-2)16-11-12(15)10-14-8-6-7-9-14/h1,12,15H,5-11H2,2-3H3/t12-,13+/m0/s1. The average molecular weight is 225 g/mol. The van der Waals surface area contributed by atoms with Crippen LogP contribution in [-0.4, -0.2) is 48.0 Å². The molecule has 1 aliphatic rings. The van der Waals surface area contributed by atoms with E-state index in [0.717, 1.165) is 19.5 Å². The predicted molar refractivity (Wildman–Crippen MR) is 65.2 cm³/mol. The van der Waals surface area contributed by atoms with E-state index in [1.165, 1.54) is 12.8 Å². The minimum Gasteiger partial charge on any atom is -0.389 e. The van der Waals surface area contributed by atoms with Gasteiger partial charge in [-0.2, -0.15) is 0 Å². The number of aliphatic hydroxyl groups excluding tert-OH is 1. The minimum atomic E-state index is -0.536. The van der Waals surface area contributed by atoms with E-state index in [1.807, 2.05) is 13.8 Å². The van der Waals surface area contributed by atoms with Crippen molar-refractivity contribution in [2.24, 2.45) is 0 Å². The topological polar surface area (TPSA) is 32.7 Å². The summed E-state index contributed by atoms with van der Waals surface area (Å²) in [5.74, 6) is 2.63. The van der Waals surface area contributed by atoms with Crippen molar-refractivity contribution in [1.29, 1.82) is 0 Å². The largest absolute Gasteiger partial charge is 0.389 e. The normalized spacial score (nSPS) is 22.6. The molecule has 1 rings (SSSR count). The second-order valence-corrected chi connectivity index (χ2v) is 4.70. The molecule has 3 nitrogen and oxygen atoms in total. The van der Waals surface area contributed by atoms with Crippen molar-refractivity contribution in [2.45, 2.75) is 44.8 Å². The molecule has 1 N–H and O–H groups in total. The van der Waals surface area contributed by atoms with Gasteiger partial charge < -0.3 is 14.7 Å². The number of aliphatic hydroxyl groups is 1. The molecule has 16 heavy (non-hydrogen) atoms. The summed E-state index contributed by atoms with van der Waals surface area (Å²) in [6, 6.07) is 0. The van der Waals surface area contributed by atoms with E-state index in [-0.39, 0.29) is 0 Å². The highest BCUT2D eigenvalue weighted by atomic mass is 16.5. The lowest BCUT2D eigenvalue weighted by atomic mass is 10.1. The molecule has 2 atom stereocenters. The molecule has 0 spiro atoms. The molecule has 1 saturated heterocycles. The molecule has 3 heteroatoms. The highest BCUT2D eigenvalue weighted by Gasteiger charge is 2.22. The summed E-state index contributed by atoms with van der Waals surface area (Å²) in [4.78, 5) is 2.27. The zero-order chi connectivity index (χ0) is 12.0. The van der Waals surface area contributed by atoms with Crippen LogP contribution in [0.4, 0.5) is 0 Å². The van der Waals surface area contributed by atoms with Gasteiger partial charge in [0.05, 0.1) is 12.7 Å². The van der Waals surface area contributed by atoms with E-state index in [4.69, 9.17) is 11.2 Å². The van der Waals surface area contributed by atoms with E-state index < -0.39 is 11.7 Å². The minimum absolute atomic E-state index is 0.324. The Balaban J connectivity index is 2.23. The van der Waals surface area contributed by atoms with Crippen LogP contribution in [0.1, 0.15) is 33.1 Å². The molecule has 1 fully saturated rings. The molecule has 92 valence electrons. The lowest BCUT2D eigenvalue weighted by Crippen LogP contribution is -2.36. The molecule has 0 aliphatic carbocycles. The van der Waals surface area contributed by atoms with Crippen molar-refractivity contribution >= 4 is 0 Å². The molecule has 0 aromatic heterocycles. The fourth-order valence-corrected chi connectivity index (χ4v) is 1.84. The number of nitrogens with zero attached hydrogens (tertiary/aromatic N) is 1. The Kier molecular flexibility index (Phi) is 5.27. The monoisotopic (exact) mass is 225 g/mol. The number of hydrogen-bond acceptors (Lipinski definition) is 3. The van der Waals surface area contributed by atoms with Crippen molar-refractivity contribution in [1.82, 2.24) is 4.90 Å². The van der Waals surface area contributed by atoms with Gasteiger partial charge in [0.15, 0.2) is 0 Å². The van der Waals surface area contributed by atoms with E-state index in [0.29, 0.717) is 13.2 Å². The summed E-state index contributed by atoms with van der Waals surface area (Å²) < 4.78 is 5.59. The van der Waals surface area contributed by atoms with Gasteiger partial charge in [0.2, 0.25) is 0 Å². The molecule has 0 unspecified atom stereocenters. The smallest absolute Gasteiger partial charge is 0.125 e. The summed E-state index contributed by atoms with van der Waals surface area (Å²) in [5.41, 5.74) is -0.536. The maximum atomic E-state index is 9.83. The molecule has 0 bridgehead atoms. The summed E-state index contributed by atoms with van der Waals surface area (Å²) in [6.45, 7) is 7.09. The number of likely N-dealkylation sites (tertiary alicyclic amines) is 1. The first-order valence-electron chi connectivity index (χ1n) is 6.12. The number of β-amino-alcohol motifs (C(OH)–C–C–N with tert-alkyl or cyclic N) is 1. The van der Waals surface area contributed by atoms with Gasteiger partial charge in [0, 0.05) is 6.54 Å². The first kappa shape index (κ1) is 13.5. The first-order chi connectivity index (χ1) is 7.59. The molecule has 0 radical (unpaired) electrons. The number of hydrogen-bond donors (Lipinski definition) is 1. The van der Waals surface area contributed by atoms with Crippen LogP contribution in [0, 0.1) is 12.3 Å². The van der Waals surface area contributed by atoms with Gasteiger partial charge in [-0.15, -0.1) is 6.42 Å². The fourth-order valence-electron chi connectivity index (χ4n) is 1.84. The predicted octanol–water partition coefficient (Wildman–Crippen LogP) is 1.26. The summed E-state index contributed by atoms with van der Waals surface area (Å²) >= 11 is 0. The first-order valence-corrected chi connectivity index (χ1v) is 6.12. The lowest BCUT2D eigenvalue weighted by Gasteiger charge is -2.26. The second kappa shape index (κ2) is 6.24. The van der Waals surface area contributed by atoms with E-state index >= 15 is 0 Å². The highest BCUT2D eigenvalue weighted by Crippen LogP contribution is 2.14. The Hall–Kier alpha value is -0.560. The Morgan fingerprint density at radius 3 is 2.62 bits per heavy atom. The van der Waals surface area contributed by atoms with Crippen molar-refractivity contribution < 1.29 is 9.84 Å². The molecule has 1 heterocycles. The summed E-state index contributed by atoms with van der Waals surface area (Å²) in [5, 5.41) is 9.83. The molecule has 1 aliphatic heterocycles. The van der Waals surface area contributed by atoms with E-state index in [2.05, 4.69) is 10.8 Å². The van der Waals surface area contributed by atoms with Crippen LogP contribution < -0.4 is 0 Å². The van der Waals surface area contributed by atoms with Gasteiger partial charge >= 0.3 is 0 Å². The maximum absolute atomic E-state index is 9.83. The Morgan fingerprint density at radius 1 is 1.50 bits per heavy atom. The third-order valence-electron chi connectivity index (χ3n) is 3.24. The molecule has 0 amide bonds. The second-order valence-electron chi connectivity index (χ2n) is 4.70. The third-order valence-corrected chi connectivity index (χ3v) is 3.24. The van der Waals surface area contributed by atoms with Crippen molar-refractivity contribution in [3.8, 4) is 12.3 Å². The zero-order valence-electron chi connectivity index (χ0n) is 10.4. The summed E-state index contributed by atoms with van der Waals surface area (Å²) in [7, 11) is 0. The SMILES string of the molecule is C#C[C@](C)(CC)OC[C@@H](O)CN1CCCC1. The van der Waals surface area contributed by atoms with Gasteiger partial charge in [0.1, 0.15) is 5.60 Å². The van der Waals surface area contributed by atoms with Crippen LogP contribution in [0.3, 0.4) is 0 Å². The van der Waals surface area contributed by atoms with Crippen LogP contribution in [0.15, 0.2) is 0 Å². The maximum Gasteiger partial charge on any atom is 0.125 e. The number of rotatable bonds is 6. The number of terminal acetylenes is 1. The van der Waals surface area contributed by atoms with Crippen LogP contribution >= 0.6 is 0 Å². The Morgan fingerprint density at radius 2 is 2.12 bits per heavy atom. The summed E-state index contributed by atoms with van der Waals surface area (Å²) in [6.07, 6.45) is 8.21. The van der Waals surface area contributed by atoms with Gasteiger partial charge in [-0.3, -0.25) is 0 Å². The quantitative estimate of drug-likeness (QED) is 0.691. The molecular weight excluding hydrogens is 202 g/mol. The van der Waals surface area contributed by atoms with Crippen LogP contribution in [-0.2, 0) is 4.74 Å². The van der Waals surface area contributed by atoms with Crippen LogP contribution in [0.25, 0.3) is 0 Å². The Bertz CT molecular complexity index is 243. The van der Waals surface area contributed by atoms with E-state index in [1.54, 1.807) is 0 Å². The van der Waals surface area contributed by atoms with Crippen LogP contribution in [0.2, 0.25) is 0 Å². The molecule has 0 saturated carbocycles. The molecule has 0 aromatic rings. The van der Waals surface area contributed by atoms with Crippen molar-refractivity contribution in [2.75, 3.05) is 26.2 Å². The molecule has 0 aromatic carbocycles. The van der Waals surface area contributed by atoms with E-state index in [9.17, 15) is 5.11 Å². The van der Waals surface area contributed by atoms with Gasteiger partial charge in [-0.1, -0.05) is 12.8 Å². The Labute approximate surface area is 98.8 Å². The zero-order valence-corrected chi connectivity index (χ0v) is 10.4. The average Bonchev–Trinajstić information content (AvgIpc) is 2.79. The molecular formula is C13H23NO2. The van der Waals surface area contributed by atoms with Gasteiger partial charge in [-0.25, -0.2) is 0 Å². The van der Waals surface area contributed by atoms with Gasteiger partial charge in [-0.05, 0) is 39.3 Å². The third kappa shape index (κ3) is 4.13. The number of ether oxygens (including phenoxy) is 1. The van der Waals surface area contributed by atoms with Crippen LogP contribution in [0.5, 0.6) is 0 Å². The fraction of sp³-hybridized carbons (Fsp3) is 0.846. The van der Waals surface area contributed by atoms with Crippen molar-refractivity contribution in [3.63, 3.8) is 0 Å². The van der Waals surface area contributed by atoms with Gasteiger partial charge in [0.25, 0.3) is 0 Å².